The number of carbonyl (C=O) groups is 6. The molecule has 0 bridgehead atoms. The molecule has 0 heterocycles. The zero-order chi connectivity index (χ0) is 70.0. The van der Waals surface area contributed by atoms with Gasteiger partial charge in [0.05, 0.1) is 45.4 Å². The van der Waals surface area contributed by atoms with E-state index in [2.05, 4.69) is 5.32 Å². The molecule has 7 N–H and O–H groups in total. The summed E-state index contributed by atoms with van der Waals surface area (Å²) < 4.78 is 37.2. The molecule has 0 spiro atoms. The minimum Gasteiger partial charge on any atom is -0.507 e. The average Bonchev–Trinajstić information content (AvgIpc) is 0.785. The molecule has 18 nitrogen and oxygen atoms in total. The summed E-state index contributed by atoms with van der Waals surface area (Å²) in [5, 5.41) is 48.6. The fourth-order valence-electron chi connectivity index (χ4n) is 11.2. The van der Waals surface area contributed by atoms with Crippen molar-refractivity contribution in [1.82, 2.24) is 5.32 Å². The van der Waals surface area contributed by atoms with Crippen molar-refractivity contribution in [2.75, 3.05) is 33.0 Å². The average molecular weight is 1280 g/mol. The zero-order valence-electron chi connectivity index (χ0n) is 59.0. The highest BCUT2D eigenvalue weighted by Gasteiger charge is 2.42. The maximum Gasteiger partial charge on any atom is 0.311 e. The van der Waals surface area contributed by atoms with E-state index in [1.165, 1.54) is 0 Å². The molecular formula is C74H108N2O16. The summed E-state index contributed by atoms with van der Waals surface area (Å²) in [7, 11) is 0. The Hall–Kier alpha value is -7.18. The quantitative estimate of drug-likeness (QED) is 0.0112. The van der Waals surface area contributed by atoms with Crippen LogP contribution in [0.5, 0.6) is 23.0 Å². The molecule has 5 atom stereocenters. The van der Waals surface area contributed by atoms with Gasteiger partial charge in [0.1, 0.15) is 29.6 Å². The summed E-state index contributed by atoms with van der Waals surface area (Å²) in [5.74, 6) is -7.41. The molecule has 2 amide bonds. The highest BCUT2D eigenvalue weighted by Crippen LogP contribution is 2.46. The molecule has 0 saturated carbocycles. The maximum absolute atomic E-state index is 14.9. The van der Waals surface area contributed by atoms with Gasteiger partial charge in [0.2, 0.25) is 0 Å². The standard InChI is InChI=1S/C74H108N2O16/c1-23-87-59(79)39-48(46-35-52(71(11,12)13)63(83)53(36-46)72(14,15)16)56(89-29-30-90-57(77)27-25-44-31-42(3)61(81)50(33-44)69(5,6)7)41-91-68(76-67(86)66(75)85)65(92-58(78)28-26-45-32-43(4)62(82)51(34-45)70(8,9)10)49(40-60(80)88-24-2)47-37-54(73(17,18)19)64(84)55(38-47)74(20,21)22/h31-38,48-49,56,65,68,81-84H,23-30,39-41H2,1-22H3,(H2,75,85)(H,76,86). The van der Waals surface area contributed by atoms with Crippen molar-refractivity contribution in [3.63, 3.8) is 0 Å². The van der Waals surface area contributed by atoms with Crippen molar-refractivity contribution in [3.05, 3.63) is 115 Å². The summed E-state index contributed by atoms with van der Waals surface area (Å²) >= 11 is 0. The number of esters is 4. The Labute approximate surface area is 547 Å². The van der Waals surface area contributed by atoms with Crippen LogP contribution in [0.1, 0.15) is 243 Å². The van der Waals surface area contributed by atoms with Crippen LogP contribution in [0.2, 0.25) is 0 Å². The lowest BCUT2D eigenvalue weighted by Gasteiger charge is -2.37. The number of benzene rings is 4. The Kier molecular flexibility index (Phi) is 26.2. The minimum atomic E-state index is -1.86. The molecule has 0 aliphatic heterocycles. The van der Waals surface area contributed by atoms with E-state index >= 15 is 0 Å². The van der Waals surface area contributed by atoms with Gasteiger partial charge in [0.15, 0.2) is 12.3 Å². The SMILES string of the molecule is CCOC(=O)CC(c1cc(C(C)(C)C)c(O)c(C(C)(C)C)c1)C(COC(NC(=O)C(N)=O)C(OC(=O)CCc1cc(C)c(O)c(C(C)(C)C)c1)C(CC(=O)OCC)c1cc(C(C)(C)C)c(O)c(C(C)(C)C)c1)OCCOC(=O)CCc1cc(C)c(O)c(C(C)(C)C)c1. The van der Waals surface area contributed by atoms with Crippen LogP contribution in [0.4, 0.5) is 0 Å². The molecule has 0 aliphatic rings. The Morgan fingerprint density at radius 1 is 0.457 bits per heavy atom. The summed E-state index contributed by atoms with van der Waals surface area (Å²) in [6.45, 7) is 40.6. The van der Waals surface area contributed by atoms with Crippen molar-refractivity contribution < 1.29 is 77.6 Å². The van der Waals surface area contributed by atoms with Gasteiger partial charge in [0.25, 0.3) is 0 Å². The van der Waals surface area contributed by atoms with Crippen LogP contribution < -0.4 is 11.1 Å². The van der Waals surface area contributed by atoms with E-state index in [4.69, 9.17) is 34.2 Å². The van der Waals surface area contributed by atoms with E-state index in [0.717, 1.165) is 11.1 Å². The number of hydrogen-bond acceptors (Lipinski definition) is 16. The fraction of sp³-hybridized carbons (Fsp3) is 0.595. The minimum absolute atomic E-state index is 0.00437. The van der Waals surface area contributed by atoms with E-state index < -0.39 is 106 Å². The third kappa shape index (κ3) is 21.4. The number of aryl methyl sites for hydroxylation is 4. The number of rotatable bonds is 26. The number of nitrogens with two attached hydrogens (primary N) is 1. The molecule has 0 aliphatic carbocycles. The molecule has 4 aromatic rings. The molecule has 0 aromatic heterocycles. The summed E-state index contributed by atoms with van der Waals surface area (Å²) in [6, 6.07) is 14.3. The number of amides is 2. The van der Waals surface area contributed by atoms with E-state index in [-0.39, 0.29) is 80.5 Å². The molecule has 0 saturated heterocycles. The first kappa shape index (κ1) is 77.3. The molecule has 0 radical (unpaired) electrons. The third-order valence-corrected chi connectivity index (χ3v) is 16.3. The third-order valence-electron chi connectivity index (χ3n) is 16.3. The van der Waals surface area contributed by atoms with Gasteiger partial charge >= 0.3 is 35.7 Å². The van der Waals surface area contributed by atoms with Crippen LogP contribution in [-0.4, -0.2) is 108 Å². The Morgan fingerprint density at radius 2 is 0.815 bits per heavy atom. The number of ether oxygens (including phenoxy) is 6. The van der Waals surface area contributed by atoms with E-state index in [1.807, 2.05) is 143 Å². The lowest BCUT2D eigenvalue weighted by molar-refractivity contribution is -0.172. The van der Waals surface area contributed by atoms with Crippen molar-refractivity contribution >= 4 is 35.7 Å². The van der Waals surface area contributed by atoms with Gasteiger partial charge < -0.3 is 59.9 Å². The number of carbonyl (C=O) groups excluding carboxylic acids is 6. The number of nitrogens with one attached hydrogen (secondary N) is 1. The van der Waals surface area contributed by atoms with Crippen molar-refractivity contribution in [1.29, 1.82) is 0 Å². The van der Waals surface area contributed by atoms with Crippen LogP contribution in [0.3, 0.4) is 0 Å². The first-order valence-corrected chi connectivity index (χ1v) is 32.1. The van der Waals surface area contributed by atoms with Gasteiger partial charge in [-0.3, -0.25) is 28.8 Å². The second kappa shape index (κ2) is 31.2. The number of hydrogen-bond donors (Lipinski definition) is 6. The summed E-state index contributed by atoms with van der Waals surface area (Å²) in [4.78, 5) is 83.8. The molecular weight excluding hydrogens is 1170 g/mol. The maximum atomic E-state index is 14.9. The first-order valence-electron chi connectivity index (χ1n) is 32.1. The van der Waals surface area contributed by atoms with Crippen LogP contribution in [0.25, 0.3) is 0 Å². The molecule has 4 aromatic carbocycles. The first-order chi connectivity index (χ1) is 42.2. The zero-order valence-corrected chi connectivity index (χ0v) is 59.0. The van der Waals surface area contributed by atoms with Gasteiger partial charge in [-0.2, -0.15) is 0 Å². The Balaban J connectivity index is 2.04. The molecule has 92 heavy (non-hydrogen) atoms. The van der Waals surface area contributed by atoms with Gasteiger partial charge in [-0.15, -0.1) is 0 Å². The van der Waals surface area contributed by atoms with Gasteiger partial charge in [0, 0.05) is 24.7 Å². The van der Waals surface area contributed by atoms with Crippen molar-refractivity contribution in [2.45, 2.75) is 254 Å². The van der Waals surface area contributed by atoms with Crippen LogP contribution in [0.15, 0.2) is 48.5 Å². The van der Waals surface area contributed by atoms with Gasteiger partial charge in [-0.25, -0.2) is 0 Å². The van der Waals surface area contributed by atoms with Crippen LogP contribution in [0, 0.1) is 13.8 Å². The lowest BCUT2D eigenvalue weighted by atomic mass is 9.75. The Morgan fingerprint density at radius 3 is 1.18 bits per heavy atom. The normalized spacial score (nSPS) is 14.2. The van der Waals surface area contributed by atoms with E-state index in [1.54, 1.807) is 58.0 Å². The largest absolute Gasteiger partial charge is 0.507 e. The van der Waals surface area contributed by atoms with Gasteiger partial charge in [-0.05, 0) is 140 Å². The van der Waals surface area contributed by atoms with Crippen LogP contribution >= 0.6 is 0 Å². The topological polar surface area (TPSA) is 277 Å². The number of primary amides is 1. The van der Waals surface area contributed by atoms with Crippen molar-refractivity contribution in [2.24, 2.45) is 5.73 Å². The molecule has 5 unspecified atom stereocenters. The number of aromatic hydroxyl groups is 4. The summed E-state index contributed by atoms with van der Waals surface area (Å²) in [6.07, 6.45) is -5.53. The molecule has 0 fully saturated rings. The molecule has 510 valence electrons. The fourth-order valence-corrected chi connectivity index (χ4v) is 11.2. The van der Waals surface area contributed by atoms with E-state index in [0.29, 0.717) is 62.1 Å². The number of phenolic OH excluding ortho intramolecular Hbond substituents is 4. The lowest BCUT2D eigenvalue weighted by Crippen LogP contribution is -2.53. The second-order valence-corrected chi connectivity index (χ2v) is 30.5. The number of phenols is 4. The monoisotopic (exact) mass is 1280 g/mol. The molecule has 4 rings (SSSR count). The summed E-state index contributed by atoms with van der Waals surface area (Å²) in [5.41, 5.74) is 9.30. The predicted molar refractivity (Wildman–Crippen MR) is 356 cm³/mol. The van der Waals surface area contributed by atoms with Gasteiger partial charge in [-0.1, -0.05) is 173 Å². The second-order valence-electron chi connectivity index (χ2n) is 30.5. The van der Waals surface area contributed by atoms with Crippen molar-refractivity contribution in [3.8, 4) is 23.0 Å². The van der Waals surface area contributed by atoms with E-state index in [9.17, 15) is 49.2 Å². The smallest absolute Gasteiger partial charge is 0.311 e. The Bertz CT molecular complexity index is 3190. The highest BCUT2D eigenvalue weighted by atomic mass is 16.6. The molecule has 18 heteroatoms. The van der Waals surface area contributed by atoms with Crippen LogP contribution in [-0.2, 0) is 103 Å². The highest BCUT2D eigenvalue weighted by molar-refractivity contribution is 6.34. The predicted octanol–water partition coefficient (Wildman–Crippen LogP) is 12.7.